The summed E-state index contributed by atoms with van der Waals surface area (Å²) < 4.78 is 49.0. The summed E-state index contributed by atoms with van der Waals surface area (Å²) in [5, 5.41) is 4.80. The normalized spacial score (nSPS) is 17.0. The molecule has 22 heavy (non-hydrogen) atoms. The average molecular weight is 346 g/mol. The number of nitrogens with one attached hydrogen (secondary N) is 1. The SMILES string of the molecule is NS(=O)(=O)c1ccc(CCCNS(=O)(=O)C2CCCC2)cc1. The van der Waals surface area contributed by atoms with Gasteiger partial charge in [-0.15, -0.1) is 0 Å². The summed E-state index contributed by atoms with van der Waals surface area (Å²) in [7, 11) is -6.85. The molecule has 0 saturated heterocycles. The van der Waals surface area contributed by atoms with Crippen LogP contribution in [-0.4, -0.2) is 28.6 Å². The molecule has 6 nitrogen and oxygen atoms in total. The van der Waals surface area contributed by atoms with Crippen molar-refractivity contribution in [2.75, 3.05) is 6.54 Å². The van der Waals surface area contributed by atoms with E-state index in [9.17, 15) is 16.8 Å². The van der Waals surface area contributed by atoms with E-state index >= 15 is 0 Å². The molecule has 0 aromatic heterocycles. The molecule has 3 N–H and O–H groups in total. The van der Waals surface area contributed by atoms with E-state index < -0.39 is 20.0 Å². The molecule has 0 radical (unpaired) electrons. The Balaban J connectivity index is 1.79. The molecule has 0 atom stereocenters. The smallest absolute Gasteiger partial charge is 0.225 e. The molecular formula is C14H22N2O4S2. The van der Waals surface area contributed by atoms with Crippen LogP contribution in [0.3, 0.4) is 0 Å². The van der Waals surface area contributed by atoms with Gasteiger partial charge in [0.1, 0.15) is 0 Å². The molecule has 0 aliphatic heterocycles. The van der Waals surface area contributed by atoms with Crippen molar-refractivity contribution in [1.82, 2.24) is 4.72 Å². The van der Waals surface area contributed by atoms with Crippen LogP contribution in [0.5, 0.6) is 0 Å². The quantitative estimate of drug-likeness (QED) is 0.722. The Morgan fingerprint density at radius 2 is 1.64 bits per heavy atom. The van der Waals surface area contributed by atoms with Gasteiger partial charge in [0.25, 0.3) is 0 Å². The fraction of sp³-hybridized carbons (Fsp3) is 0.571. The zero-order chi connectivity index (χ0) is 16.2. The van der Waals surface area contributed by atoms with Crippen molar-refractivity contribution in [1.29, 1.82) is 0 Å². The van der Waals surface area contributed by atoms with Crippen molar-refractivity contribution in [3.8, 4) is 0 Å². The molecule has 1 aromatic rings. The Morgan fingerprint density at radius 3 is 2.18 bits per heavy atom. The molecule has 1 aromatic carbocycles. The molecule has 1 fully saturated rings. The Bertz CT molecular complexity index is 691. The van der Waals surface area contributed by atoms with Crippen LogP contribution < -0.4 is 9.86 Å². The van der Waals surface area contributed by atoms with Gasteiger partial charge < -0.3 is 0 Å². The van der Waals surface area contributed by atoms with Crippen LogP contribution in [-0.2, 0) is 26.5 Å². The number of nitrogens with two attached hydrogens (primary N) is 1. The first-order valence-corrected chi connectivity index (χ1v) is 10.5. The van der Waals surface area contributed by atoms with Gasteiger partial charge in [-0.2, -0.15) is 0 Å². The maximum Gasteiger partial charge on any atom is 0.238 e. The highest BCUT2D eigenvalue weighted by Gasteiger charge is 2.27. The second-order valence-corrected chi connectivity index (χ2v) is 9.25. The van der Waals surface area contributed by atoms with E-state index in [-0.39, 0.29) is 10.1 Å². The van der Waals surface area contributed by atoms with E-state index in [1.165, 1.54) is 12.1 Å². The van der Waals surface area contributed by atoms with Crippen LogP contribution in [0.2, 0.25) is 0 Å². The highest BCUT2D eigenvalue weighted by molar-refractivity contribution is 7.90. The second-order valence-electron chi connectivity index (χ2n) is 5.64. The molecule has 0 heterocycles. The lowest BCUT2D eigenvalue weighted by atomic mass is 10.1. The first-order chi connectivity index (χ1) is 10.3. The summed E-state index contributed by atoms with van der Waals surface area (Å²) in [6.45, 7) is 0.399. The van der Waals surface area contributed by atoms with Crippen LogP contribution in [0.4, 0.5) is 0 Å². The zero-order valence-electron chi connectivity index (χ0n) is 12.4. The number of aryl methyl sites for hydroxylation is 1. The number of primary sulfonamides is 1. The van der Waals surface area contributed by atoms with Gasteiger partial charge in [-0.3, -0.25) is 0 Å². The molecule has 1 saturated carbocycles. The lowest BCUT2D eigenvalue weighted by Gasteiger charge is -2.12. The van der Waals surface area contributed by atoms with Crippen molar-refractivity contribution < 1.29 is 16.8 Å². The van der Waals surface area contributed by atoms with Gasteiger partial charge in [-0.05, 0) is 43.4 Å². The largest absolute Gasteiger partial charge is 0.238 e. The maximum atomic E-state index is 12.0. The second kappa shape index (κ2) is 7.08. The number of hydrogen-bond acceptors (Lipinski definition) is 4. The number of sulfonamides is 2. The van der Waals surface area contributed by atoms with E-state index in [1.54, 1.807) is 12.1 Å². The van der Waals surface area contributed by atoms with Crippen molar-refractivity contribution in [3.05, 3.63) is 29.8 Å². The maximum absolute atomic E-state index is 12.0. The summed E-state index contributed by atoms with van der Waals surface area (Å²) in [4.78, 5) is 0.0817. The standard InChI is InChI=1S/C14H22N2O4S2/c15-21(17,18)13-9-7-12(8-10-13)4-3-11-16-22(19,20)14-5-1-2-6-14/h7-10,14,16H,1-6,11H2,(H2,15,17,18). The molecule has 0 bridgehead atoms. The van der Waals surface area contributed by atoms with Gasteiger partial charge in [0.2, 0.25) is 20.0 Å². The molecule has 1 aliphatic rings. The van der Waals surface area contributed by atoms with Gasteiger partial charge in [-0.25, -0.2) is 26.7 Å². The molecule has 2 rings (SSSR count). The predicted molar refractivity (Wildman–Crippen MR) is 85.3 cm³/mol. The van der Waals surface area contributed by atoms with Crippen LogP contribution in [0, 0.1) is 0 Å². The van der Waals surface area contributed by atoms with E-state index in [0.717, 1.165) is 31.2 Å². The van der Waals surface area contributed by atoms with E-state index in [1.807, 2.05) is 0 Å². The zero-order valence-corrected chi connectivity index (χ0v) is 14.0. The molecule has 8 heteroatoms. The summed E-state index contributed by atoms with van der Waals surface area (Å²) in [5.74, 6) is 0. The van der Waals surface area contributed by atoms with Gasteiger partial charge >= 0.3 is 0 Å². The number of benzene rings is 1. The monoisotopic (exact) mass is 346 g/mol. The van der Waals surface area contributed by atoms with Crippen molar-refractivity contribution in [2.45, 2.75) is 48.7 Å². The summed E-state index contributed by atoms with van der Waals surface area (Å²) in [5.41, 5.74) is 0.951. The lowest BCUT2D eigenvalue weighted by molar-refractivity contribution is 0.562. The van der Waals surface area contributed by atoms with Crippen molar-refractivity contribution >= 4 is 20.0 Å². The highest BCUT2D eigenvalue weighted by Crippen LogP contribution is 2.23. The van der Waals surface area contributed by atoms with Gasteiger partial charge in [0.15, 0.2) is 0 Å². The molecule has 124 valence electrons. The van der Waals surface area contributed by atoms with Crippen LogP contribution in [0.1, 0.15) is 37.7 Å². The molecule has 0 amide bonds. The van der Waals surface area contributed by atoms with E-state index in [0.29, 0.717) is 19.4 Å². The topological polar surface area (TPSA) is 106 Å². The van der Waals surface area contributed by atoms with E-state index in [4.69, 9.17) is 5.14 Å². The van der Waals surface area contributed by atoms with Gasteiger partial charge in [0, 0.05) is 6.54 Å². The third-order valence-electron chi connectivity index (χ3n) is 3.94. The summed E-state index contributed by atoms with van der Waals surface area (Å²) in [6, 6.07) is 6.33. The Morgan fingerprint density at radius 1 is 1.05 bits per heavy atom. The fourth-order valence-corrected chi connectivity index (χ4v) is 4.80. The number of rotatable bonds is 7. The Kier molecular flexibility index (Phi) is 5.60. The van der Waals surface area contributed by atoms with E-state index in [2.05, 4.69) is 4.72 Å². The minimum Gasteiger partial charge on any atom is -0.225 e. The molecular weight excluding hydrogens is 324 g/mol. The first kappa shape index (κ1) is 17.4. The van der Waals surface area contributed by atoms with Crippen LogP contribution >= 0.6 is 0 Å². The van der Waals surface area contributed by atoms with Crippen molar-refractivity contribution in [2.24, 2.45) is 5.14 Å². The minimum absolute atomic E-state index is 0.0817. The lowest BCUT2D eigenvalue weighted by Crippen LogP contribution is -2.33. The first-order valence-electron chi connectivity index (χ1n) is 7.39. The van der Waals surface area contributed by atoms with Crippen molar-refractivity contribution in [3.63, 3.8) is 0 Å². The summed E-state index contributed by atoms with van der Waals surface area (Å²) in [6.07, 6.45) is 4.83. The summed E-state index contributed by atoms with van der Waals surface area (Å²) >= 11 is 0. The molecule has 0 spiro atoms. The minimum atomic E-state index is -3.67. The predicted octanol–water partition coefficient (Wildman–Crippen LogP) is 1.13. The highest BCUT2D eigenvalue weighted by atomic mass is 32.2. The van der Waals surface area contributed by atoms with Gasteiger partial charge in [0.05, 0.1) is 10.1 Å². The Labute approximate surface area is 132 Å². The van der Waals surface area contributed by atoms with Gasteiger partial charge in [-0.1, -0.05) is 25.0 Å². The number of hydrogen-bond donors (Lipinski definition) is 2. The fourth-order valence-electron chi connectivity index (χ4n) is 2.67. The third kappa shape index (κ3) is 4.77. The average Bonchev–Trinajstić information content (AvgIpc) is 2.98. The molecule has 0 unspecified atom stereocenters. The van der Waals surface area contributed by atoms with Crippen LogP contribution in [0.25, 0.3) is 0 Å². The Hall–Kier alpha value is -0.960. The third-order valence-corrected chi connectivity index (χ3v) is 6.82. The van der Waals surface area contributed by atoms with Crippen LogP contribution in [0.15, 0.2) is 29.2 Å². The molecule has 1 aliphatic carbocycles.